The second-order valence-corrected chi connectivity index (χ2v) is 2.82. The number of nitrogens with zero attached hydrogens (tertiary/aromatic N) is 2. The maximum Gasteiger partial charge on any atom is 0.281 e. The summed E-state index contributed by atoms with van der Waals surface area (Å²) in [7, 11) is 1.56. The highest BCUT2D eigenvalue weighted by Gasteiger charge is 2.05. The second-order valence-electron chi connectivity index (χ2n) is 2.82. The Morgan fingerprint density at radius 3 is 2.60 bits per heavy atom. The molecule has 0 N–H and O–H groups in total. The Hall–Kier alpha value is -2.10. The molecule has 0 aliphatic rings. The molecule has 4 heteroatoms. The minimum Gasteiger partial charge on any atom is -0.491 e. The van der Waals surface area contributed by atoms with Crippen LogP contribution in [0.3, 0.4) is 0 Å². The Morgan fingerprint density at radius 2 is 1.87 bits per heavy atom. The van der Waals surface area contributed by atoms with E-state index in [4.69, 9.17) is 9.47 Å². The van der Waals surface area contributed by atoms with E-state index in [1.807, 2.05) is 30.3 Å². The lowest BCUT2D eigenvalue weighted by molar-refractivity contribution is 0.365. The molecule has 0 unspecified atom stereocenters. The molecule has 2 rings (SSSR count). The molecule has 4 nitrogen and oxygen atoms in total. The van der Waals surface area contributed by atoms with Crippen LogP contribution in [0, 0.1) is 0 Å². The van der Waals surface area contributed by atoms with Gasteiger partial charge in [0.1, 0.15) is 5.75 Å². The van der Waals surface area contributed by atoms with Crippen LogP contribution in [0.5, 0.6) is 17.4 Å². The van der Waals surface area contributed by atoms with Crippen molar-refractivity contribution in [2.75, 3.05) is 7.11 Å². The van der Waals surface area contributed by atoms with Crippen molar-refractivity contribution in [2.24, 2.45) is 0 Å². The number of hydrogen-bond acceptors (Lipinski definition) is 4. The van der Waals surface area contributed by atoms with Crippen molar-refractivity contribution in [3.63, 3.8) is 0 Å². The predicted octanol–water partition coefficient (Wildman–Crippen LogP) is 2.28. The normalized spacial score (nSPS) is 9.67. The zero-order valence-corrected chi connectivity index (χ0v) is 8.25. The third-order valence-electron chi connectivity index (χ3n) is 1.83. The van der Waals surface area contributed by atoms with Gasteiger partial charge < -0.3 is 9.47 Å². The van der Waals surface area contributed by atoms with Gasteiger partial charge in [-0.15, -0.1) is 5.10 Å². The first-order valence-electron chi connectivity index (χ1n) is 4.49. The summed E-state index contributed by atoms with van der Waals surface area (Å²) >= 11 is 0. The molecule has 0 aliphatic carbocycles. The molecule has 1 aromatic carbocycles. The maximum atomic E-state index is 5.50. The molecule has 0 fully saturated rings. The zero-order valence-electron chi connectivity index (χ0n) is 8.25. The molecule has 0 amide bonds. The van der Waals surface area contributed by atoms with Gasteiger partial charge in [0.05, 0.1) is 13.3 Å². The number of para-hydroxylation sites is 1. The summed E-state index contributed by atoms with van der Waals surface area (Å²) in [6.45, 7) is 0. The first kappa shape index (κ1) is 9.45. The highest BCUT2D eigenvalue weighted by Crippen LogP contribution is 2.27. The molecule has 1 heterocycles. The quantitative estimate of drug-likeness (QED) is 0.765. The standard InChI is InChI=1S/C11H10N2O2/c1-14-10-7-8-12-13-11(10)15-9-5-3-2-4-6-9/h2-8H,1H3. The zero-order chi connectivity index (χ0) is 10.5. The SMILES string of the molecule is COc1ccnnc1Oc1ccccc1. The lowest BCUT2D eigenvalue weighted by Crippen LogP contribution is -1.94. The molecule has 0 radical (unpaired) electrons. The van der Waals surface area contributed by atoms with Crippen LogP contribution in [-0.2, 0) is 0 Å². The fourth-order valence-corrected chi connectivity index (χ4v) is 1.13. The van der Waals surface area contributed by atoms with Crippen molar-refractivity contribution >= 4 is 0 Å². The van der Waals surface area contributed by atoms with E-state index in [-0.39, 0.29) is 0 Å². The van der Waals surface area contributed by atoms with E-state index in [9.17, 15) is 0 Å². The fraction of sp³-hybridized carbons (Fsp3) is 0.0909. The fourth-order valence-electron chi connectivity index (χ4n) is 1.13. The summed E-state index contributed by atoms with van der Waals surface area (Å²) in [5, 5.41) is 7.58. The molecule has 1 aromatic heterocycles. The third-order valence-corrected chi connectivity index (χ3v) is 1.83. The van der Waals surface area contributed by atoms with E-state index in [1.165, 1.54) is 0 Å². The van der Waals surface area contributed by atoms with Gasteiger partial charge >= 0.3 is 0 Å². The number of benzene rings is 1. The number of aromatic nitrogens is 2. The van der Waals surface area contributed by atoms with Gasteiger partial charge in [-0.2, -0.15) is 5.10 Å². The minimum absolute atomic E-state index is 0.367. The molecule has 0 spiro atoms. The van der Waals surface area contributed by atoms with Crippen LogP contribution in [0.2, 0.25) is 0 Å². The summed E-state index contributed by atoms with van der Waals surface area (Å²) in [5.74, 6) is 1.64. The molecule has 0 saturated heterocycles. The molecule has 2 aromatic rings. The number of methoxy groups -OCH3 is 1. The lowest BCUT2D eigenvalue weighted by Gasteiger charge is -2.06. The van der Waals surface area contributed by atoms with Crippen molar-refractivity contribution in [1.82, 2.24) is 10.2 Å². The molecule has 0 bridgehead atoms. The van der Waals surface area contributed by atoms with Gasteiger partial charge in [0, 0.05) is 6.07 Å². The lowest BCUT2D eigenvalue weighted by atomic mass is 10.3. The first-order chi connectivity index (χ1) is 7.40. The Labute approximate surface area is 87.5 Å². The summed E-state index contributed by atoms with van der Waals surface area (Å²) in [6.07, 6.45) is 1.55. The maximum absolute atomic E-state index is 5.50. The Bertz CT molecular complexity index is 432. The first-order valence-corrected chi connectivity index (χ1v) is 4.49. The molecule has 0 atom stereocenters. The van der Waals surface area contributed by atoms with E-state index < -0.39 is 0 Å². The summed E-state index contributed by atoms with van der Waals surface area (Å²) in [5.41, 5.74) is 0. The van der Waals surface area contributed by atoms with Gasteiger partial charge in [0.15, 0.2) is 5.75 Å². The van der Waals surface area contributed by atoms with Crippen LogP contribution in [0.25, 0.3) is 0 Å². The number of hydrogen-bond donors (Lipinski definition) is 0. The topological polar surface area (TPSA) is 44.2 Å². The monoisotopic (exact) mass is 202 g/mol. The predicted molar refractivity (Wildman–Crippen MR) is 55.1 cm³/mol. The van der Waals surface area contributed by atoms with Gasteiger partial charge in [-0.3, -0.25) is 0 Å². The molecular weight excluding hydrogens is 192 g/mol. The Balaban J connectivity index is 2.24. The number of rotatable bonds is 3. The molecule has 0 aliphatic heterocycles. The average Bonchev–Trinajstić information content (AvgIpc) is 2.31. The van der Waals surface area contributed by atoms with Crippen molar-refractivity contribution in [3.05, 3.63) is 42.6 Å². The van der Waals surface area contributed by atoms with Crippen LogP contribution in [0.15, 0.2) is 42.6 Å². The second kappa shape index (κ2) is 4.41. The summed E-state index contributed by atoms with van der Waals surface area (Å²) < 4.78 is 10.6. The van der Waals surface area contributed by atoms with Gasteiger partial charge in [0.25, 0.3) is 5.88 Å². The van der Waals surface area contributed by atoms with E-state index in [0.717, 1.165) is 0 Å². The molecule has 0 saturated carbocycles. The van der Waals surface area contributed by atoms with E-state index in [2.05, 4.69) is 10.2 Å². The van der Waals surface area contributed by atoms with Gasteiger partial charge in [0.2, 0.25) is 0 Å². The van der Waals surface area contributed by atoms with Crippen LogP contribution in [-0.4, -0.2) is 17.3 Å². The van der Waals surface area contributed by atoms with Gasteiger partial charge in [-0.05, 0) is 12.1 Å². The minimum atomic E-state index is 0.367. The van der Waals surface area contributed by atoms with Crippen molar-refractivity contribution in [3.8, 4) is 17.4 Å². The highest BCUT2D eigenvalue weighted by atomic mass is 16.5. The smallest absolute Gasteiger partial charge is 0.281 e. The van der Waals surface area contributed by atoms with E-state index >= 15 is 0 Å². The van der Waals surface area contributed by atoms with Crippen molar-refractivity contribution in [1.29, 1.82) is 0 Å². The number of ether oxygens (including phenoxy) is 2. The van der Waals surface area contributed by atoms with Crippen LogP contribution >= 0.6 is 0 Å². The average molecular weight is 202 g/mol. The van der Waals surface area contributed by atoms with Crippen molar-refractivity contribution < 1.29 is 9.47 Å². The van der Waals surface area contributed by atoms with Gasteiger partial charge in [-0.25, -0.2) is 0 Å². The Morgan fingerprint density at radius 1 is 1.07 bits per heavy atom. The van der Waals surface area contributed by atoms with Gasteiger partial charge in [-0.1, -0.05) is 18.2 Å². The van der Waals surface area contributed by atoms with Crippen molar-refractivity contribution in [2.45, 2.75) is 0 Å². The molecule has 76 valence electrons. The van der Waals surface area contributed by atoms with E-state index in [0.29, 0.717) is 17.4 Å². The van der Waals surface area contributed by atoms with E-state index in [1.54, 1.807) is 19.4 Å². The summed E-state index contributed by atoms with van der Waals surface area (Å²) in [6, 6.07) is 11.1. The summed E-state index contributed by atoms with van der Waals surface area (Å²) in [4.78, 5) is 0. The molecular formula is C11H10N2O2. The highest BCUT2D eigenvalue weighted by molar-refractivity contribution is 5.35. The van der Waals surface area contributed by atoms with Crippen LogP contribution in [0.4, 0.5) is 0 Å². The molecule has 15 heavy (non-hydrogen) atoms. The van der Waals surface area contributed by atoms with Crippen LogP contribution < -0.4 is 9.47 Å². The largest absolute Gasteiger partial charge is 0.491 e. The Kier molecular flexibility index (Phi) is 2.78. The van der Waals surface area contributed by atoms with Crippen LogP contribution in [0.1, 0.15) is 0 Å². The third kappa shape index (κ3) is 2.22.